The number of amides is 1. The summed E-state index contributed by atoms with van der Waals surface area (Å²) in [6, 6.07) is 11.3. The Morgan fingerprint density at radius 3 is 2.31 bits per heavy atom. The van der Waals surface area contributed by atoms with Crippen LogP contribution in [0.15, 0.2) is 58.2 Å². The van der Waals surface area contributed by atoms with Crippen LogP contribution in [0.2, 0.25) is 0 Å². The van der Waals surface area contributed by atoms with E-state index in [-0.39, 0.29) is 11.3 Å². The zero-order valence-electron chi connectivity index (χ0n) is 21.0. The van der Waals surface area contributed by atoms with Crippen molar-refractivity contribution in [3.63, 3.8) is 0 Å². The second kappa shape index (κ2) is 10.3. The number of methoxy groups -OCH3 is 3. The number of rotatable bonds is 10. The molecule has 190 valence electrons. The fourth-order valence-electron chi connectivity index (χ4n) is 4.51. The van der Waals surface area contributed by atoms with Crippen molar-refractivity contribution >= 4 is 22.7 Å². The van der Waals surface area contributed by atoms with E-state index in [1.807, 2.05) is 31.1 Å². The average Bonchev–Trinajstić information content (AvgIpc) is 3.42. The lowest BCUT2D eigenvalue weighted by molar-refractivity contribution is -0.129. The van der Waals surface area contributed by atoms with Crippen molar-refractivity contribution in [1.82, 2.24) is 9.80 Å². The van der Waals surface area contributed by atoms with Gasteiger partial charge in [0.1, 0.15) is 5.58 Å². The first kappa shape index (κ1) is 25.1. The SMILES string of the molecule is COc1cc([C@@H]2C(C(=O)c3cc4ccccc4o3)=C(O)C(=O)N2CCCN(C)C)cc(OC)c1OC. The van der Waals surface area contributed by atoms with E-state index in [1.165, 1.54) is 26.2 Å². The molecule has 9 nitrogen and oxygen atoms in total. The first-order valence-electron chi connectivity index (χ1n) is 11.5. The Morgan fingerprint density at radius 2 is 1.72 bits per heavy atom. The predicted octanol–water partition coefficient (Wildman–Crippen LogP) is 3.99. The Labute approximate surface area is 209 Å². The molecule has 1 aromatic heterocycles. The van der Waals surface area contributed by atoms with Crippen molar-refractivity contribution in [2.75, 3.05) is 48.5 Å². The molecular weight excluding hydrogens is 464 g/mol. The second-order valence-electron chi connectivity index (χ2n) is 8.76. The van der Waals surface area contributed by atoms with Crippen molar-refractivity contribution < 1.29 is 33.3 Å². The van der Waals surface area contributed by atoms with E-state index in [9.17, 15) is 14.7 Å². The molecule has 36 heavy (non-hydrogen) atoms. The number of Topliss-reactive ketones (excluding diaryl/α,β-unsaturated/α-hetero) is 1. The van der Waals surface area contributed by atoms with Crippen LogP contribution in [-0.2, 0) is 4.79 Å². The van der Waals surface area contributed by atoms with E-state index < -0.39 is 23.5 Å². The van der Waals surface area contributed by atoms with Gasteiger partial charge in [-0.05, 0) is 56.9 Å². The minimum Gasteiger partial charge on any atom is -0.503 e. The number of para-hydroxylation sites is 1. The largest absolute Gasteiger partial charge is 0.503 e. The first-order valence-corrected chi connectivity index (χ1v) is 11.5. The summed E-state index contributed by atoms with van der Waals surface area (Å²) in [6.07, 6.45) is 0.638. The van der Waals surface area contributed by atoms with Gasteiger partial charge >= 0.3 is 0 Å². The molecule has 9 heteroatoms. The van der Waals surface area contributed by atoms with Crippen molar-refractivity contribution in [3.05, 3.63) is 65.1 Å². The number of ether oxygens (including phenoxy) is 3. The topological polar surface area (TPSA) is 102 Å². The molecule has 2 heterocycles. The zero-order chi connectivity index (χ0) is 26.0. The van der Waals surface area contributed by atoms with Crippen LogP contribution >= 0.6 is 0 Å². The molecule has 1 aliphatic rings. The standard InChI is InChI=1S/C27H30N2O7/c1-28(2)11-8-12-29-23(17-14-20(33-3)26(35-5)21(15-17)34-4)22(25(31)27(29)32)24(30)19-13-16-9-6-7-10-18(16)36-19/h6-7,9-10,13-15,23,31H,8,11-12H2,1-5H3/t23-/m1/s1. The molecule has 1 amide bonds. The summed E-state index contributed by atoms with van der Waals surface area (Å²) >= 11 is 0. The van der Waals surface area contributed by atoms with Crippen LogP contribution in [0, 0.1) is 0 Å². The smallest absolute Gasteiger partial charge is 0.290 e. The van der Waals surface area contributed by atoms with E-state index in [2.05, 4.69) is 0 Å². The monoisotopic (exact) mass is 494 g/mol. The molecule has 0 radical (unpaired) electrons. The van der Waals surface area contributed by atoms with E-state index >= 15 is 0 Å². The number of ketones is 1. The molecule has 0 unspecified atom stereocenters. The summed E-state index contributed by atoms with van der Waals surface area (Å²) in [4.78, 5) is 30.5. The third-order valence-electron chi connectivity index (χ3n) is 6.20. The summed E-state index contributed by atoms with van der Waals surface area (Å²) in [5.74, 6) is -0.616. The molecule has 3 aromatic rings. The van der Waals surface area contributed by atoms with Gasteiger partial charge in [-0.2, -0.15) is 0 Å². The van der Waals surface area contributed by atoms with E-state index in [4.69, 9.17) is 18.6 Å². The number of benzene rings is 2. The van der Waals surface area contributed by atoms with Gasteiger partial charge in [-0.15, -0.1) is 0 Å². The number of carbonyl (C=O) groups is 2. The Morgan fingerprint density at radius 1 is 1.06 bits per heavy atom. The maximum Gasteiger partial charge on any atom is 0.290 e. The molecule has 0 bridgehead atoms. The van der Waals surface area contributed by atoms with Gasteiger partial charge < -0.3 is 33.5 Å². The van der Waals surface area contributed by atoms with Crippen molar-refractivity contribution in [2.45, 2.75) is 12.5 Å². The van der Waals surface area contributed by atoms with Crippen LogP contribution in [-0.4, -0.2) is 75.1 Å². The molecule has 1 N–H and O–H groups in total. The lowest BCUT2D eigenvalue weighted by Gasteiger charge is -2.28. The van der Waals surface area contributed by atoms with Gasteiger partial charge in [0.15, 0.2) is 23.0 Å². The molecule has 4 rings (SSSR count). The predicted molar refractivity (Wildman–Crippen MR) is 134 cm³/mol. The number of aliphatic hydroxyl groups is 1. The van der Waals surface area contributed by atoms with Gasteiger partial charge in [-0.25, -0.2) is 0 Å². The summed E-state index contributed by atoms with van der Waals surface area (Å²) in [5.41, 5.74) is 1.02. The third-order valence-corrected chi connectivity index (χ3v) is 6.20. The first-order chi connectivity index (χ1) is 17.3. The van der Waals surface area contributed by atoms with Gasteiger partial charge in [-0.1, -0.05) is 18.2 Å². The molecule has 0 aliphatic carbocycles. The maximum atomic E-state index is 13.7. The van der Waals surface area contributed by atoms with Gasteiger partial charge in [-0.3, -0.25) is 9.59 Å². The van der Waals surface area contributed by atoms with Crippen LogP contribution in [0.5, 0.6) is 17.2 Å². The number of hydrogen-bond acceptors (Lipinski definition) is 8. The molecule has 1 atom stereocenters. The third kappa shape index (κ3) is 4.49. The summed E-state index contributed by atoms with van der Waals surface area (Å²) < 4.78 is 22.2. The summed E-state index contributed by atoms with van der Waals surface area (Å²) in [7, 11) is 8.35. The number of hydrogen-bond donors (Lipinski definition) is 1. The highest BCUT2D eigenvalue weighted by atomic mass is 16.5. The fourth-order valence-corrected chi connectivity index (χ4v) is 4.51. The summed E-state index contributed by atoms with van der Waals surface area (Å²) in [5, 5.41) is 11.7. The van der Waals surface area contributed by atoms with Gasteiger partial charge in [0.2, 0.25) is 11.5 Å². The van der Waals surface area contributed by atoms with Crippen LogP contribution < -0.4 is 14.2 Å². The molecular formula is C27H30N2O7. The molecule has 2 aromatic carbocycles. The Bertz CT molecular complexity index is 1270. The highest BCUT2D eigenvalue weighted by molar-refractivity contribution is 6.16. The maximum absolute atomic E-state index is 13.7. The minimum atomic E-state index is -0.880. The molecule has 1 aliphatic heterocycles. The number of carbonyl (C=O) groups excluding carboxylic acids is 2. The van der Waals surface area contributed by atoms with Crippen molar-refractivity contribution in [3.8, 4) is 17.2 Å². The second-order valence-corrected chi connectivity index (χ2v) is 8.76. The minimum absolute atomic E-state index is 0.0399. The van der Waals surface area contributed by atoms with Crippen molar-refractivity contribution in [2.24, 2.45) is 0 Å². The van der Waals surface area contributed by atoms with Crippen LogP contribution in [0.3, 0.4) is 0 Å². The number of furan rings is 1. The lowest BCUT2D eigenvalue weighted by atomic mass is 9.94. The van der Waals surface area contributed by atoms with Gasteiger partial charge in [0, 0.05) is 11.9 Å². The number of nitrogens with zero attached hydrogens (tertiary/aromatic N) is 2. The molecule has 0 saturated heterocycles. The normalized spacial score (nSPS) is 15.8. The van der Waals surface area contributed by atoms with E-state index in [0.717, 1.165) is 11.9 Å². The van der Waals surface area contributed by atoms with Crippen LogP contribution in [0.4, 0.5) is 0 Å². The van der Waals surface area contributed by atoms with Gasteiger partial charge in [0.25, 0.3) is 5.91 Å². The fraction of sp³-hybridized carbons (Fsp3) is 0.333. The Balaban J connectivity index is 1.84. The number of fused-ring (bicyclic) bond motifs is 1. The molecule has 0 spiro atoms. The van der Waals surface area contributed by atoms with Crippen LogP contribution in [0.1, 0.15) is 28.6 Å². The quantitative estimate of drug-likeness (QED) is 0.422. The Hall–Kier alpha value is -3.98. The molecule has 0 fully saturated rings. The van der Waals surface area contributed by atoms with Gasteiger partial charge in [0.05, 0.1) is 32.9 Å². The van der Waals surface area contributed by atoms with E-state index in [0.29, 0.717) is 41.4 Å². The van der Waals surface area contributed by atoms with Crippen molar-refractivity contribution in [1.29, 1.82) is 0 Å². The highest BCUT2D eigenvalue weighted by Crippen LogP contribution is 2.45. The number of aliphatic hydroxyl groups excluding tert-OH is 1. The lowest BCUT2D eigenvalue weighted by Crippen LogP contribution is -2.33. The zero-order valence-corrected chi connectivity index (χ0v) is 21.0. The summed E-state index contributed by atoms with van der Waals surface area (Å²) in [6.45, 7) is 1.04. The Kier molecular flexibility index (Phi) is 7.21. The highest BCUT2D eigenvalue weighted by Gasteiger charge is 2.45. The average molecular weight is 495 g/mol. The van der Waals surface area contributed by atoms with E-state index in [1.54, 1.807) is 30.3 Å². The van der Waals surface area contributed by atoms with Crippen LogP contribution in [0.25, 0.3) is 11.0 Å². The molecule has 0 saturated carbocycles.